The Balaban J connectivity index is 0.00000280. The summed E-state index contributed by atoms with van der Waals surface area (Å²) in [4.78, 5) is 8.43. The number of ether oxygens (including phenoxy) is 1. The first-order valence-corrected chi connectivity index (χ1v) is 10.6. The van der Waals surface area contributed by atoms with Gasteiger partial charge in [-0.25, -0.2) is 4.99 Å². The Morgan fingerprint density at radius 2 is 2.07 bits per heavy atom. The highest BCUT2D eigenvalue weighted by atomic mass is 127. The maximum Gasteiger partial charge on any atom is 0.191 e. The van der Waals surface area contributed by atoms with Gasteiger partial charge in [-0.2, -0.15) is 0 Å². The van der Waals surface area contributed by atoms with Crippen LogP contribution in [0.5, 0.6) is 0 Å². The van der Waals surface area contributed by atoms with Crippen molar-refractivity contribution in [1.82, 2.24) is 15.5 Å². The molecule has 1 aliphatic heterocycles. The summed E-state index contributed by atoms with van der Waals surface area (Å²) in [5.41, 5.74) is 1.21. The Labute approximate surface area is 193 Å². The number of rotatable bonds is 7. The van der Waals surface area contributed by atoms with Crippen LogP contribution in [0.25, 0.3) is 0 Å². The van der Waals surface area contributed by atoms with E-state index in [-0.39, 0.29) is 30.0 Å². The van der Waals surface area contributed by atoms with E-state index in [2.05, 4.69) is 52.1 Å². The summed E-state index contributed by atoms with van der Waals surface area (Å²) in [6.07, 6.45) is 0. The van der Waals surface area contributed by atoms with Crippen LogP contribution in [0.2, 0.25) is 5.02 Å². The molecule has 5 nitrogen and oxygen atoms in total. The van der Waals surface area contributed by atoms with E-state index in [0.29, 0.717) is 6.54 Å². The molecule has 1 saturated heterocycles. The maximum atomic E-state index is 6.25. The van der Waals surface area contributed by atoms with E-state index < -0.39 is 0 Å². The first-order chi connectivity index (χ1) is 13.3. The molecule has 0 radical (unpaired) electrons. The zero-order chi connectivity index (χ0) is 18.9. The minimum absolute atomic E-state index is 0. The molecule has 1 unspecified atom stereocenters. The molecule has 2 N–H and O–H groups in total. The third-order valence-corrected chi connectivity index (χ3v) is 5.60. The largest absolute Gasteiger partial charge is 0.379 e. The number of aliphatic imine (C=N–C) groups is 1. The van der Waals surface area contributed by atoms with Crippen LogP contribution >= 0.6 is 46.9 Å². The molecule has 28 heavy (non-hydrogen) atoms. The van der Waals surface area contributed by atoms with Crippen molar-refractivity contribution >= 4 is 52.9 Å². The number of nitrogens with zero attached hydrogens (tertiary/aromatic N) is 2. The average molecular weight is 535 g/mol. The molecule has 2 heterocycles. The quantitative estimate of drug-likeness (QED) is 0.318. The zero-order valence-corrected chi connectivity index (χ0v) is 20.0. The SMILES string of the molecule is CCNC(=NCc1cccs1)NCC(c1cccc(Cl)c1)N1CCOCC1.I. The van der Waals surface area contributed by atoms with Crippen LogP contribution in [0.3, 0.4) is 0 Å². The molecule has 8 heteroatoms. The summed E-state index contributed by atoms with van der Waals surface area (Å²) in [5.74, 6) is 0.839. The number of morpholine rings is 1. The summed E-state index contributed by atoms with van der Waals surface area (Å²) in [6, 6.07) is 12.5. The van der Waals surface area contributed by atoms with E-state index in [1.165, 1.54) is 10.4 Å². The highest BCUT2D eigenvalue weighted by molar-refractivity contribution is 14.0. The van der Waals surface area contributed by atoms with Gasteiger partial charge in [0.2, 0.25) is 0 Å². The van der Waals surface area contributed by atoms with Crippen molar-refractivity contribution in [3.05, 3.63) is 57.2 Å². The van der Waals surface area contributed by atoms with Crippen molar-refractivity contribution in [2.24, 2.45) is 4.99 Å². The standard InChI is InChI=1S/C20H27ClN4OS.HI/c1-2-22-20(23-14-18-7-4-12-27-18)24-15-19(25-8-10-26-11-9-25)16-5-3-6-17(21)13-16;/h3-7,12-13,19H,2,8-11,14-15H2,1H3,(H2,22,23,24);1H. The first-order valence-electron chi connectivity index (χ1n) is 9.38. The van der Waals surface area contributed by atoms with Crippen molar-refractivity contribution in [2.45, 2.75) is 19.5 Å². The van der Waals surface area contributed by atoms with Crippen LogP contribution in [-0.2, 0) is 11.3 Å². The zero-order valence-electron chi connectivity index (χ0n) is 16.1. The van der Waals surface area contributed by atoms with E-state index >= 15 is 0 Å². The molecule has 1 aromatic heterocycles. The van der Waals surface area contributed by atoms with Gasteiger partial charge in [0.05, 0.1) is 25.8 Å². The van der Waals surface area contributed by atoms with Crippen LogP contribution in [-0.4, -0.2) is 50.3 Å². The van der Waals surface area contributed by atoms with Gasteiger partial charge in [0.15, 0.2) is 5.96 Å². The van der Waals surface area contributed by atoms with Crippen molar-refractivity contribution in [1.29, 1.82) is 0 Å². The van der Waals surface area contributed by atoms with Crippen LogP contribution in [0.1, 0.15) is 23.4 Å². The number of nitrogens with one attached hydrogen (secondary N) is 2. The van der Waals surface area contributed by atoms with Gasteiger partial charge < -0.3 is 15.4 Å². The molecule has 1 fully saturated rings. The summed E-state index contributed by atoms with van der Waals surface area (Å²) in [7, 11) is 0. The topological polar surface area (TPSA) is 48.9 Å². The van der Waals surface area contributed by atoms with Crippen LogP contribution in [0.4, 0.5) is 0 Å². The molecule has 2 aromatic rings. The molecule has 1 aliphatic rings. The highest BCUT2D eigenvalue weighted by Gasteiger charge is 2.23. The maximum absolute atomic E-state index is 6.25. The predicted molar refractivity (Wildman–Crippen MR) is 129 cm³/mol. The molecular weight excluding hydrogens is 507 g/mol. The molecular formula is C20H28ClIN4OS. The molecule has 0 bridgehead atoms. The van der Waals surface area contributed by atoms with Crippen molar-refractivity contribution in [3.63, 3.8) is 0 Å². The summed E-state index contributed by atoms with van der Waals surface area (Å²) < 4.78 is 5.53. The second kappa shape index (κ2) is 12.6. The Kier molecular flexibility index (Phi) is 10.6. The van der Waals surface area contributed by atoms with Gasteiger partial charge >= 0.3 is 0 Å². The van der Waals surface area contributed by atoms with Crippen molar-refractivity contribution in [2.75, 3.05) is 39.4 Å². The fourth-order valence-electron chi connectivity index (χ4n) is 3.16. The molecule has 154 valence electrons. The number of thiophene rings is 1. The fourth-order valence-corrected chi connectivity index (χ4v) is 3.98. The minimum Gasteiger partial charge on any atom is -0.379 e. The fraction of sp³-hybridized carbons (Fsp3) is 0.450. The normalized spacial score (nSPS) is 16.3. The number of hydrogen-bond donors (Lipinski definition) is 2. The molecule has 1 atom stereocenters. The summed E-state index contributed by atoms with van der Waals surface area (Å²) >= 11 is 7.98. The van der Waals surface area contributed by atoms with Gasteiger partial charge in [-0.1, -0.05) is 29.8 Å². The Bertz CT molecular complexity index is 723. The highest BCUT2D eigenvalue weighted by Crippen LogP contribution is 2.24. The van der Waals surface area contributed by atoms with Crippen LogP contribution < -0.4 is 10.6 Å². The lowest BCUT2D eigenvalue weighted by Gasteiger charge is -2.35. The molecule has 0 saturated carbocycles. The van der Waals surface area contributed by atoms with E-state index in [1.54, 1.807) is 11.3 Å². The Morgan fingerprint density at radius 1 is 1.25 bits per heavy atom. The van der Waals surface area contributed by atoms with Gasteiger partial charge in [0.25, 0.3) is 0 Å². The smallest absolute Gasteiger partial charge is 0.191 e. The molecule has 3 rings (SSSR count). The van der Waals surface area contributed by atoms with Gasteiger partial charge in [0, 0.05) is 36.1 Å². The first kappa shape index (κ1) is 23.4. The third-order valence-electron chi connectivity index (χ3n) is 4.50. The van der Waals surface area contributed by atoms with Gasteiger partial charge in [-0.05, 0) is 36.1 Å². The van der Waals surface area contributed by atoms with Gasteiger partial charge in [0.1, 0.15) is 0 Å². The number of guanidine groups is 1. The second-order valence-electron chi connectivity index (χ2n) is 6.37. The Morgan fingerprint density at radius 3 is 2.75 bits per heavy atom. The number of halogens is 2. The monoisotopic (exact) mass is 534 g/mol. The van der Waals surface area contributed by atoms with Crippen molar-refractivity contribution in [3.8, 4) is 0 Å². The van der Waals surface area contributed by atoms with E-state index in [9.17, 15) is 0 Å². The lowest BCUT2D eigenvalue weighted by Crippen LogP contribution is -2.46. The third kappa shape index (κ3) is 7.18. The van der Waals surface area contributed by atoms with Crippen LogP contribution in [0.15, 0.2) is 46.8 Å². The van der Waals surface area contributed by atoms with Gasteiger partial charge in [-0.3, -0.25) is 4.90 Å². The van der Waals surface area contributed by atoms with E-state index in [1.807, 2.05) is 12.1 Å². The molecule has 0 aliphatic carbocycles. The number of benzene rings is 1. The number of hydrogen-bond acceptors (Lipinski definition) is 4. The lowest BCUT2D eigenvalue weighted by molar-refractivity contribution is 0.0170. The average Bonchev–Trinajstić information content (AvgIpc) is 3.21. The van der Waals surface area contributed by atoms with Gasteiger partial charge in [-0.15, -0.1) is 35.3 Å². The Hall–Kier alpha value is -0.870. The van der Waals surface area contributed by atoms with Crippen LogP contribution in [0, 0.1) is 0 Å². The second-order valence-corrected chi connectivity index (χ2v) is 7.84. The molecule has 0 spiro atoms. The van der Waals surface area contributed by atoms with E-state index in [0.717, 1.165) is 50.4 Å². The predicted octanol–water partition coefficient (Wildman–Crippen LogP) is 4.15. The minimum atomic E-state index is 0. The van der Waals surface area contributed by atoms with Crippen molar-refractivity contribution < 1.29 is 4.74 Å². The molecule has 0 amide bonds. The lowest BCUT2D eigenvalue weighted by atomic mass is 10.0. The summed E-state index contributed by atoms with van der Waals surface area (Å²) in [5, 5.41) is 9.71. The van der Waals surface area contributed by atoms with E-state index in [4.69, 9.17) is 21.3 Å². The molecule has 1 aromatic carbocycles. The summed E-state index contributed by atoms with van der Waals surface area (Å²) in [6.45, 7) is 7.73.